The topological polar surface area (TPSA) is 73.3 Å². The molecule has 1 aliphatic rings. The molecule has 1 aliphatic heterocycles. The van der Waals surface area contributed by atoms with Crippen molar-refractivity contribution in [3.63, 3.8) is 0 Å². The van der Waals surface area contributed by atoms with Crippen molar-refractivity contribution >= 4 is 0 Å². The van der Waals surface area contributed by atoms with Crippen LogP contribution in [0.5, 0.6) is 0 Å². The van der Waals surface area contributed by atoms with E-state index >= 15 is 0 Å². The predicted molar refractivity (Wildman–Crippen MR) is 129 cm³/mol. The van der Waals surface area contributed by atoms with Gasteiger partial charge in [0.15, 0.2) is 6.23 Å². The molecule has 5 rings (SSSR count). The zero-order valence-corrected chi connectivity index (χ0v) is 18.7. The van der Waals surface area contributed by atoms with Gasteiger partial charge in [-0.05, 0) is 22.8 Å². The highest BCUT2D eigenvalue weighted by Gasteiger charge is 2.38. The van der Waals surface area contributed by atoms with E-state index in [2.05, 4.69) is 0 Å². The summed E-state index contributed by atoms with van der Waals surface area (Å²) in [5.74, 6) is -1.06. The minimum absolute atomic E-state index is 0.159. The molecule has 1 aromatic heterocycles. The van der Waals surface area contributed by atoms with Crippen LogP contribution in [0.25, 0.3) is 0 Å². The smallest absolute Gasteiger partial charge is 0.330 e. The summed E-state index contributed by atoms with van der Waals surface area (Å²) in [6.07, 6.45) is 2.90. The van der Waals surface area contributed by atoms with E-state index in [4.69, 9.17) is 9.47 Å². The number of hydrogen-bond donors (Lipinski definition) is 1. The van der Waals surface area contributed by atoms with Crippen molar-refractivity contribution in [2.45, 2.75) is 17.9 Å². The van der Waals surface area contributed by atoms with Crippen molar-refractivity contribution in [1.29, 1.82) is 0 Å². The second-order valence-corrected chi connectivity index (χ2v) is 8.18. The summed E-state index contributed by atoms with van der Waals surface area (Å²) in [7, 11) is 0. The molecule has 0 aliphatic carbocycles. The Morgan fingerprint density at radius 1 is 0.829 bits per heavy atom. The fraction of sp³-hybridized carbons (Fsp3) is 0.143. The minimum Gasteiger partial charge on any atom is -0.358 e. The van der Waals surface area contributed by atoms with Crippen LogP contribution in [0.1, 0.15) is 22.9 Å². The molecular weight excluding hydrogens is 447 g/mol. The lowest BCUT2D eigenvalue weighted by Crippen LogP contribution is -2.36. The Kier molecular flexibility index (Phi) is 6.27. The zero-order chi connectivity index (χ0) is 24.3. The maximum absolute atomic E-state index is 13.8. The first-order valence-electron chi connectivity index (χ1n) is 11.2. The van der Waals surface area contributed by atoms with Crippen LogP contribution in [-0.2, 0) is 15.1 Å². The Morgan fingerprint density at radius 2 is 1.34 bits per heavy atom. The SMILES string of the molecule is O=c1[nH]c(=O)n([C@H]2C=C[C@@H](COC(c3ccccc3)(c3ccccc3)c3ccccc3)O2)cc1F. The standard InChI is InChI=1S/C28H23FN2O4/c29-24-18-31(27(33)30-26(24)32)25-17-16-23(35-25)19-34-28(20-10-4-1-5-11-20,21-12-6-2-7-13-21)22-14-8-3-9-15-22/h1-18,23,25H,19H2,(H,30,32,33)/t23-,25+/m0/s1. The Bertz CT molecular complexity index is 1340. The molecule has 0 unspecified atom stereocenters. The number of aromatic nitrogens is 2. The molecule has 0 amide bonds. The molecule has 0 saturated heterocycles. The van der Waals surface area contributed by atoms with Gasteiger partial charge in [-0.25, -0.2) is 4.79 Å². The molecule has 0 saturated carbocycles. The van der Waals surface area contributed by atoms with E-state index in [0.29, 0.717) is 0 Å². The Balaban J connectivity index is 1.48. The molecule has 7 heteroatoms. The summed E-state index contributed by atoms with van der Waals surface area (Å²) in [5, 5.41) is 0. The first-order valence-corrected chi connectivity index (χ1v) is 11.2. The van der Waals surface area contributed by atoms with E-state index in [9.17, 15) is 14.0 Å². The second kappa shape index (κ2) is 9.66. The van der Waals surface area contributed by atoms with Gasteiger partial charge in [-0.3, -0.25) is 14.3 Å². The Labute approximate surface area is 200 Å². The van der Waals surface area contributed by atoms with Gasteiger partial charge in [-0.2, -0.15) is 4.39 Å². The van der Waals surface area contributed by atoms with Gasteiger partial charge in [0, 0.05) is 0 Å². The van der Waals surface area contributed by atoms with Crippen LogP contribution < -0.4 is 11.2 Å². The third kappa shape index (κ3) is 4.39. The summed E-state index contributed by atoms with van der Waals surface area (Å²) in [5.41, 5.74) is 0.130. The lowest BCUT2D eigenvalue weighted by molar-refractivity contribution is -0.0687. The van der Waals surface area contributed by atoms with Crippen molar-refractivity contribution < 1.29 is 13.9 Å². The highest BCUT2D eigenvalue weighted by atomic mass is 19.1. The van der Waals surface area contributed by atoms with E-state index in [1.54, 1.807) is 12.2 Å². The zero-order valence-electron chi connectivity index (χ0n) is 18.7. The van der Waals surface area contributed by atoms with Gasteiger partial charge in [0.25, 0.3) is 5.56 Å². The molecule has 2 heterocycles. The quantitative estimate of drug-likeness (QED) is 0.326. The van der Waals surface area contributed by atoms with Crippen molar-refractivity contribution in [3.8, 4) is 0 Å². The first kappa shape index (κ1) is 22.7. The minimum atomic E-state index is -1.06. The van der Waals surface area contributed by atoms with Gasteiger partial charge in [-0.1, -0.05) is 97.1 Å². The maximum Gasteiger partial charge on any atom is 0.330 e. The molecule has 4 aromatic rings. The fourth-order valence-electron chi connectivity index (χ4n) is 4.37. The van der Waals surface area contributed by atoms with Crippen LogP contribution in [0.2, 0.25) is 0 Å². The summed E-state index contributed by atoms with van der Waals surface area (Å²) >= 11 is 0. The molecular formula is C28H23FN2O4. The number of nitrogens with one attached hydrogen (secondary N) is 1. The Morgan fingerprint density at radius 3 is 1.86 bits per heavy atom. The van der Waals surface area contributed by atoms with Crippen molar-refractivity contribution in [3.05, 3.63) is 153 Å². The predicted octanol–water partition coefficient (Wildman–Crippen LogP) is 4.14. The molecule has 3 aromatic carbocycles. The van der Waals surface area contributed by atoms with E-state index in [0.717, 1.165) is 27.5 Å². The summed E-state index contributed by atoms with van der Waals surface area (Å²) < 4.78 is 27.5. The van der Waals surface area contributed by atoms with E-state index in [1.807, 2.05) is 96.0 Å². The maximum atomic E-state index is 13.8. The fourth-order valence-corrected chi connectivity index (χ4v) is 4.37. The number of benzene rings is 3. The van der Waals surface area contributed by atoms with E-state index in [1.165, 1.54) is 0 Å². The highest BCUT2D eigenvalue weighted by Crippen LogP contribution is 2.41. The van der Waals surface area contributed by atoms with Gasteiger partial charge in [-0.15, -0.1) is 0 Å². The van der Waals surface area contributed by atoms with E-state index < -0.39 is 35.0 Å². The van der Waals surface area contributed by atoms with Crippen LogP contribution in [0, 0.1) is 5.82 Å². The number of nitrogens with zero attached hydrogens (tertiary/aromatic N) is 1. The lowest BCUT2D eigenvalue weighted by atomic mass is 9.80. The average Bonchev–Trinajstić information content (AvgIpc) is 3.37. The van der Waals surface area contributed by atoms with Crippen LogP contribution in [0.3, 0.4) is 0 Å². The van der Waals surface area contributed by atoms with Gasteiger partial charge >= 0.3 is 5.69 Å². The average molecular weight is 471 g/mol. The molecule has 0 radical (unpaired) electrons. The van der Waals surface area contributed by atoms with Crippen LogP contribution in [0.15, 0.2) is 119 Å². The third-order valence-corrected chi connectivity index (χ3v) is 6.01. The monoisotopic (exact) mass is 470 g/mol. The van der Waals surface area contributed by atoms with Gasteiger partial charge in [0.2, 0.25) is 5.82 Å². The molecule has 1 N–H and O–H groups in total. The van der Waals surface area contributed by atoms with Gasteiger partial charge in [0.05, 0.1) is 12.8 Å². The van der Waals surface area contributed by atoms with Crippen LogP contribution >= 0.6 is 0 Å². The number of aromatic amines is 1. The normalized spacial score (nSPS) is 17.5. The van der Waals surface area contributed by atoms with Crippen LogP contribution in [0.4, 0.5) is 4.39 Å². The number of hydrogen-bond acceptors (Lipinski definition) is 4. The molecule has 2 atom stereocenters. The number of rotatable bonds is 7. The molecule has 0 spiro atoms. The molecule has 35 heavy (non-hydrogen) atoms. The van der Waals surface area contributed by atoms with Crippen molar-refractivity contribution in [2.24, 2.45) is 0 Å². The van der Waals surface area contributed by atoms with Crippen molar-refractivity contribution in [2.75, 3.05) is 6.61 Å². The summed E-state index contributed by atoms with van der Waals surface area (Å²) in [6, 6.07) is 29.8. The molecule has 0 bridgehead atoms. The van der Waals surface area contributed by atoms with Gasteiger partial charge < -0.3 is 9.47 Å². The third-order valence-electron chi connectivity index (χ3n) is 6.01. The summed E-state index contributed by atoms with van der Waals surface area (Å²) in [6.45, 7) is 0.159. The Hall–Kier alpha value is -4.07. The second-order valence-electron chi connectivity index (χ2n) is 8.18. The highest BCUT2D eigenvalue weighted by molar-refractivity contribution is 5.47. The largest absolute Gasteiger partial charge is 0.358 e. The van der Waals surface area contributed by atoms with Crippen molar-refractivity contribution in [1.82, 2.24) is 9.55 Å². The number of halogens is 1. The molecule has 176 valence electrons. The lowest BCUT2D eigenvalue weighted by Gasteiger charge is -2.36. The first-order chi connectivity index (χ1) is 17.1. The van der Waals surface area contributed by atoms with Crippen LogP contribution in [-0.4, -0.2) is 22.3 Å². The molecule has 0 fully saturated rings. The summed E-state index contributed by atoms with van der Waals surface area (Å²) in [4.78, 5) is 25.5. The number of ether oxygens (including phenoxy) is 2. The molecule has 6 nitrogen and oxygen atoms in total. The van der Waals surface area contributed by atoms with Gasteiger partial charge in [0.1, 0.15) is 11.7 Å². The van der Waals surface area contributed by atoms with E-state index in [-0.39, 0.29) is 6.61 Å². The number of H-pyrrole nitrogens is 1.